The molecular weight excluding hydrogens is 205 g/mol. The normalized spacial score (nSPS) is 14.6. The van der Waals surface area contributed by atoms with Gasteiger partial charge in [-0.3, -0.25) is 0 Å². The number of benzene rings is 1. The van der Waals surface area contributed by atoms with Crippen LogP contribution in [0.4, 0.5) is 4.39 Å². The summed E-state index contributed by atoms with van der Waals surface area (Å²) in [5.41, 5.74) is 6.15. The van der Waals surface area contributed by atoms with Crippen molar-refractivity contribution in [2.24, 2.45) is 11.7 Å². The first kappa shape index (κ1) is 13.0. The van der Waals surface area contributed by atoms with Crippen LogP contribution in [0.2, 0.25) is 0 Å². The van der Waals surface area contributed by atoms with E-state index in [1.165, 1.54) is 6.07 Å². The van der Waals surface area contributed by atoms with Crippen LogP contribution >= 0.6 is 0 Å². The van der Waals surface area contributed by atoms with Crippen molar-refractivity contribution in [1.82, 2.24) is 0 Å². The number of hydrogen-bond acceptors (Lipinski definition) is 2. The molecule has 0 amide bonds. The molecule has 3 heteroatoms. The third-order valence-corrected chi connectivity index (χ3v) is 2.69. The smallest absolute Gasteiger partial charge is 0.131 e. The van der Waals surface area contributed by atoms with E-state index < -0.39 is 0 Å². The van der Waals surface area contributed by atoms with E-state index in [2.05, 4.69) is 13.8 Å². The molecule has 2 N–H and O–H groups in total. The zero-order chi connectivity index (χ0) is 12.1. The van der Waals surface area contributed by atoms with E-state index in [0.717, 1.165) is 6.42 Å². The Labute approximate surface area is 96.6 Å². The molecule has 90 valence electrons. The molecule has 0 fully saturated rings. The minimum absolute atomic E-state index is 0.288. The Balaban J connectivity index is 2.66. The van der Waals surface area contributed by atoms with Crippen molar-refractivity contribution >= 4 is 0 Å². The van der Waals surface area contributed by atoms with Gasteiger partial charge in [0.1, 0.15) is 11.6 Å². The van der Waals surface area contributed by atoms with Gasteiger partial charge >= 0.3 is 0 Å². The zero-order valence-electron chi connectivity index (χ0n) is 10.2. The first-order chi connectivity index (χ1) is 7.54. The molecule has 0 heterocycles. The third-order valence-electron chi connectivity index (χ3n) is 2.69. The molecule has 0 aliphatic heterocycles. The van der Waals surface area contributed by atoms with Crippen molar-refractivity contribution in [2.45, 2.75) is 33.2 Å². The minimum Gasteiger partial charge on any atom is -0.493 e. The van der Waals surface area contributed by atoms with Crippen molar-refractivity contribution in [1.29, 1.82) is 0 Å². The Hall–Kier alpha value is -1.09. The number of rotatable bonds is 5. The van der Waals surface area contributed by atoms with Crippen molar-refractivity contribution < 1.29 is 9.13 Å². The van der Waals surface area contributed by atoms with E-state index in [1.807, 2.05) is 0 Å². The highest BCUT2D eigenvalue weighted by molar-refractivity contribution is 5.30. The maximum absolute atomic E-state index is 13.5. The summed E-state index contributed by atoms with van der Waals surface area (Å²) in [5, 5.41) is 0. The largest absolute Gasteiger partial charge is 0.493 e. The monoisotopic (exact) mass is 225 g/mol. The first-order valence-corrected chi connectivity index (χ1v) is 5.72. The van der Waals surface area contributed by atoms with Crippen LogP contribution in [0.25, 0.3) is 0 Å². The Morgan fingerprint density at radius 1 is 1.38 bits per heavy atom. The second-order valence-electron chi connectivity index (χ2n) is 4.30. The van der Waals surface area contributed by atoms with Gasteiger partial charge in [-0.2, -0.15) is 0 Å². The molecule has 2 atom stereocenters. The van der Waals surface area contributed by atoms with Crippen molar-refractivity contribution in [3.8, 4) is 5.75 Å². The summed E-state index contributed by atoms with van der Waals surface area (Å²) in [6.45, 7) is 6.59. The second-order valence-corrected chi connectivity index (χ2v) is 4.30. The standard InChI is InChI=1S/C13H20FNO/c1-4-9(2)8-16-11-5-6-12(10(3)15)13(14)7-11/h5-7,9-10H,4,8,15H2,1-3H3/t9?,10-/m1/s1. The van der Waals surface area contributed by atoms with Gasteiger partial charge in [-0.25, -0.2) is 4.39 Å². The number of ether oxygens (including phenoxy) is 1. The molecule has 0 aliphatic rings. The Morgan fingerprint density at radius 3 is 2.56 bits per heavy atom. The molecule has 0 spiro atoms. The summed E-state index contributed by atoms with van der Waals surface area (Å²) < 4.78 is 19.0. The predicted molar refractivity (Wildman–Crippen MR) is 64.0 cm³/mol. The summed E-state index contributed by atoms with van der Waals surface area (Å²) in [6, 6.07) is 4.57. The Bertz CT molecular complexity index is 339. The lowest BCUT2D eigenvalue weighted by Gasteiger charge is -2.13. The van der Waals surface area contributed by atoms with Crippen LogP contribution in [0, 0.1) is 11.7 Å². The van der Waals surface area contributed by atoms with E-state index in [1.54, 1.807) is 19.1 Å². The third kappa shape index (κ3) is 3.49. The quantitative estimate of drug-likeness (QED) is 0.834. The molecule has 0 aliphatic carbocycles. The van der Waals surface area contributed by atoms with E-state index in [4.69, 9.17) is 10.5 Å². The predicted octanol–water partition coefficient (Wildman–Crippen LogP) is 3.27. The van der Waals surface area contributed by atoms with Gasteiger partial charge < -0.3 is 10.5 Å². The van der Waals surface area contributed by atoms with E-state index in [-0.39, 0.29) is 11.9 Å². The summed E-state index contributed by atoms with van der Waals surface area (Å²) in [7, 11) is 0. The summed E-state index contributed by atoms with van der Waals surface area (Å²) in [5.74, 6) is 0.759. The van der Waals surface area contributed by atoms with Crippen molar-refractivity contribution in [3.63, 3.8) is 0 Å². The van der Waals surface area contributed by atoms with Gasteiger partial charge in [0.15, 0.2) is 0 Å². The number of halogens is 1. The SMILES string of the molecule is CCC(C)COc1ccc([C@@H](C)N)c(F)c1. The van der Waals surface area contributed by atoms with Crippen LogP contribution in [-0.4, -0.2) is 6.61 Å². The van der Waals surface area contributed by atoms with E-state index in [0.29, 0.717) is 23.8 Å². The fourth-order valence-corrected chi connectivity index (χ4v) is 1.32. The van der Waals surface area contributed by atoms with Crippen LogP contribution in [-0.2, 0) is 0 Å². The van der Waals surface area contributed by atoms with Crippen LogP contribution in [0.15, 0.2) is 18.2 Å². The lowest BCUT2D eigenvalue weighted by Crippen LogP contribution is -2.09. The molecule has 0 bridgehead atoms. The molecular formula is C13H20FNO. The van der Waals surface area contributed by atoms with Gasteiger partial charge in [-0.15, -0.1) is 0 Å². The molecule has 1 aromatic carbocycles. The average Bonchev–Trinajstić information content (AvgIpc) is 2.25. The zero-order valence-corrected chi connectivity index (χ0v) is 10.2. The highest BCUT2D eigenvalue weighted by atomic mass is 19.1. The highest BCUT2D eigenvalue weighted by Gasteiger charge is 2.08. The number of hydrogen-bond donors (Lipinski definition) is 1. The summed E-state index contributed by atoms with van der Waals surface area (Å²) >= 11 is 0. The summed E-state index contributed by atoms with van der Waals surface area (Å²) in [6.07, 6.45) is 1.06. The molecule has 0 aromatic heterocycles. The van der Waals surface area contributed by atoms with Gasteiger partial charge in [-0.1, -0.05) is 26.3 Å². The van der Waals surface area contributed by atoms with Crippen molar-refractivity contribution in [3.05, 3.63) is 29.6 Å². The fourth-order valence-electron chi connectivity index (χ4n) is 1.32. The van der Waals surface area contributed by atoms with E-state index >= 15 is 0 Å². The maximum Gasteiger partial charge on any atom is 0.131 e. The van der Waals surface area contributed by atoms with Gasteiger partial charge in [0.25, 0.3) is 0 Å². The van der Waals surface area contributed by atoms with Gasteiger partial charge in [-0.05, 0) is 18.9 Å². The fraction of sp³-hybridized carbons (Fsp3) is 0.538. The Kier molecular flexibility index (Phi) is 4.74. The molecule has 2 nitrogen and oxygen atoms in total. The molecule has 1 rings (SSSR count). The minimum atomic E-state index is -0.295. The van der Waals surface area contributed by atoms with Crippen molar-refractivity contribution in [2.75, 3.05) is 6.61 Å². The van der Waals surface area contributed by atoms with Gasteiger partial charge in [0, 0.05) is 17.7 Å². The molecule has 0 radical (unpaired) electrons. The lowest BCUT2D eigenvalue weighted by atomic mass is 10.1. The summed E-state index contributed by atoms with van der Waals surface area (Å²) in [4.78, 5) is 0. The molecule has 0 saturated carbocycles. The molecule has 1 unspecified atom stereocenters. The topological polar surface area (TPSA) is 35.2 Å². The van der Waals surface area contributed by atoms with Gasteiger partial charge in [0.05, 0.1) is 6.61 Å². The lowest BCUT2D eigenvalue weighted by molar-refractivity contribution is 0.255. The average molecular weight is 225 g/mol. The molecule has 16 heavy (non-hydrogen) atoms. The Morgan fingerprint density at radius 2 is 2.06 bits per heavy atom. The van der Waals surface area contributed by atoms with Gasteiger partial charge in [0.2, 0.25) is 0 Å². The second kappa shape index (κ2) is 5.85. The first-order valence-electron chi connectivity index (χ1n) is 5.72. The maximum atomic E-state index is 13.5. The van der Waals surface area contributed by atoms with Crippen LogP contribution in [0.5, 0.6) is 5.75 Å². The molecule has 1 aromatic rings. The molecule has 0 saturated heterocycles. The highest BCUT2D eigenvalue weighted by Crippen LogP contribution is 2.21. The van der Waals surface area contributed by atoms with E-state index in [9.17, 15) is 4.39 Å². The number of nitrogens with two attached hydrogens (primary N) is 1. The van der Waals surface area contributed by atoms with Crippen LogP contribution < -0.4 is 10.5 Å². The van der Waals surface area contributed by atoms with Crippen LogP contribution in [0.3, 0.4) is 0 Å². The van der Waals surface area contributed by atoms with Crippen LogP contribution in [0.1, 0.15) is 38.8 Å².